The minimum atomic E-state index is -3.36. The Balaban J connectivity index is 1.48. The summed E-state index contributed by atoms with van der Waals surface area (Å²) in [5.74, 6) is 0.970. The molecule has 0 unspecified atom stereocenters. The predicted octanol–water partition coefficient (Wildman–Crippen LogP) is 3.90. The summed E-state index contributed by atoms with van der Waals surface area (Å²) >= 11 is 0. The second-order valence-electron chi connectivity index (χ2n) is 8.81. The topological polar surface area (TPSA) is 101 Å². The van der Waals surface area contributed by atoms with Gasteiger partial charge in [0.2, 0.25) is 10.0 Å². The molecule has 30 heavy (non-hydrogen) atoms. The van der Waals surface area contributed by atoms with Crippen molar-refractivity contribution in [2.24, 2.45) is 0 Å². The normalized spacial score (nSPS) is 20.5. The maximum absolute atomic E-state index is 14.0. The number of aromatic amines is 1. The summed E-state index contributed by atoms with van der Waals surface area (Å²) in [4.78, 5) is 16.6. The van der Waals surface area contributed by atoms with Crippen LogP contribution in [-0.4, -0.2) is 39.1 Å². The fourth-order valence-corrected chi connectivity index (χ4v) is 4.70. The van der Waals surface area contributed by atoms with E-state index in [2.05, 4.69) is 24.7 Å². The molecule has 1 aliphatic rings. The predicted molar refractivity (Wildman–Crippen MR) is 114 cm³/mol. The highest BCUT2D eigenvalue weighted by Gasteiger charge is 2.33. The van der Waals surface area contributed by atoms with Gasteiger partial charge in [0.05, 0.1) is 16.5 Å². The molecule has 1 aromatic carbocycles. The Morgan fingerprint density at radius 1 is 1.10 bits per heavy atom. The number of fused-ring (bicyclic) bond motifs is 1. The van der Waals surface area contributed by atoms with Crippen LogP contribution in [0.4, 0.5) is 4.39 Å². The summed E-state index contributed by atoms with van der Waals surface area (Å²) in [5.41, 5.74) is 1.57. The second kappa shape index (κ2) is 7.70. The zero-order valence-electron chi connectivity index (χ0n) is 17.3. The number of nitrogens with zero attached hydrogens (tertiary/aromatic N) is 3. The van der Waals surface area contributed by atoms with Crippen LogP contribution in [0.2, 0.25) is 0 Å². The lowest BCUT2D eigenvalue weighted by Gasteiger charge is -2.30. The first-order chi connectivity index (χ1) is 14.1. The molecule has 0 spiro atoms. The van der Waals surface area contributed by atoms with Gasteiger partial charge < -0.3 is 4.98 Å². The van der Waals surface area contributed by atoms with Gasteiger partial charge >= 0.3 is 0 Å². The molecule has 4 rings (SSSR count). The van der Waals surface area contributed by atoms with Gasteiger partial charge in [0, 0.05) is 12.0 Å². The first-order valence-electron chi connectivity index (χ1n) is 10.1. The Morgan fingerprint density at radius 3 is 2.47 bits per heavy atom. The van der Waals surface area contributed by atoms with Crippen LogP contribution in [0, 0.1) is 5.82 Å². The van der Waals surface area contributed by atoms with Gasteiger partial charge in [-0.05, 0) is 58.6 Å². The summed E-state index contributed by atoms with van der Waals surface area (Å²) in [6, 6.07) is 6.35. The van der Waals surface area contributed by atoms with Crippen molar-refractivity contribution in [2.45, 2.75) is 63.2 Å². The van der Waals surface area contributed by atoms with Crippen molar-refractivity contribution >= 4 is 21.2 Å². The number of nitrogens with one attached hydrogen (secondary N) is 2. The molecule has 0 aliphatic heterocycles. The standard InChI is InChI=1S/C21H26FN5O2S/c1-21(2,3)30(28,29)27-14-10-8-13(9-11-14)18-24-17-12-23-19(26-20(17)25-18)15-6-4-5-7-16(15)22/h4-7,12-14,27H,8-11H2,1-3H3,(H,23,24,25,26)/t13-,14+. The zero-order valence-corrected chi connectivity index (χ0v) is 18.1. The second-order valence-corrected chi connectivity index (χ2v) is 11.3. The Morgan fingerprint density at radius 2 is 1.80 bits per heavy atom. The molecule has 0 amide bonds. The van der Waals surface area contributed by atoms with Crippen LogP contribution >= 0.6 is 0 Å². The Labute approximate surface area is 175 Å². The quantitative estimate of drug-likeness (QED) is 0.652. The molecular formula is C21H26FN5O2S. The summed E-state index contributed by atoms with van der Waals surface area (Å²) in [6.07, 6.45) is 4.76. The number of halogens is 1. The lowest BCUT2D eigenvalue weighted by molar-refractivity contribution is 0.364. The average Bonchev–Trinajstić information content (AvgIpc) is 3.11. The Kier molecular flexibility index (Phi) is 5.36. The van der Waals surface area contributed by atoms with Gasteiger partial charge in [-0.15, -0.1) is 0 Å². The van der Waals surface area contributed by atoms with Gasteiger partial charge in [-0.2, -0.15) is 0 Å². The maximum atomic E-state index is 14.0. The molecule has 2 aromatic heterocycles. The molecule has 1 fully saturated rings. The number of hydrogen-bond acceptors (Lipinski definition) is 5. The largest absolute Gasteiger partial charge is 0.326 e. The molecule has 2 heterocycles. The fourth-order valence-electron chi connectivity index (χ4n) is 3.67. The molecule has 0 radical (unpaired) electrons. The van der Waals surface area contributed by atoms with Crippen LogP contribution in [0.25, 0.3) is 22.6 Å². The van der Waals surface area contributed by atoms with E-state index in [1.165, 1.54) is 6.07 Å². The molecule has 7 nitrogen and oxygen atoms in total. The van der Waals surface area contributed by atoms with Crippen LogP contribution in [0.3, 0.4) is 0 Å². The molecule has 9 heteroatoms. The molecule has 1 saturated carbocycles. The van der Waals surface area contributed by atoms with E-state index in [-0.39, 0.29) is 17.8 Å². The molecule has 160 valence electrons. The van der Waals surface area contributed by atoms with Crippen LogP contribution in [0.5, 0.6) is 0 Å². The first-order valence-corrected chi connectivity index (χ1v) is 11.6. The molecule has 1 aliphatic carbocycles. The van der Waals surface area contributed by atoms with Crippen molar-refractivity contribution in [1.29, 1.82) is 0 Å². The van der Waals surface area contributed by atoms with Crippen molar-refractivity contribution in [3.63, 3.8) is 0 Å². The fraction of sp³-hybridized carbons (Fsp3) is 0.476. The van der Waals surface area contributed by atoms with Gasteiger partial charge in [0.15, 0.2) is 11.5 Å². The first kappa shape index (κ1) is 20.9. The summed E-state index contributed by atoms with van der Waals surface area (Å²) in [6.45, 7) is 5.10. The highest BCUT2D eigenvalue weighted by atomic mass is 32.2. The number of aromatic nitrogens is 4. The van der Waals surface area contributed by atoms with Crippen LogP contribution in [0.1, 0.15) is 58.2 Å². The van der Waals surface area contributed by atoms with Crippen molar-refractivity contribution in [2.75, 3.05) is 0 Å². The van der Waals surface area contributed by atoms with Gasteiger partial charge in [-0.25, -0.2) is 32.5 Å². The number of hydrogen-bond donors (Lipinski definition) is 2. The van der Waals surface area contributed by atoms with Gasteiger partial charge in [-0.1, -0.05) is 12.1 Å². The summed E-state index contributed by atoms with van der Waals surface area (Å²) < 4.78 is 40.9. The molecule has 0 saturated heterocycles. The molecule has 0 bridgehead atoms. The molecule has 3 aromatic rings. The minimum Gasteiger partial charge on any atom is -0.326 e. The van der Waals surface area contributed by atoms with E-state index in [9.17, 15) is 12.8 Å². The maximum Gasteiger partial charge on any atom is 0.216 e. The third-order valence-corrected chi connectivity index (χ3v) is 7.87. The lowest BCUT2D eigenvalue weighted by atomic mass is 9.86. The third kappa shape index (κ3) is 4.09. The van der Waals surface area contributed by atoms with E-state index in [1.807, 2.05) is 0 Å². The number of rotatable bonds is 4. The Bertz CT molecular complexity index is 1160. The molecular weight excluding hydrogens is 405 g/mol. The smallest absolute Gasteiger partial charge is 0.216 e. The number of imidazole rings is 1. The van der Waals surface area contributed by atoms with E-state index in [1.54, 1.807) is 45.2 Å². The van der Waals surface area contributed by atoms with Crippen LogP contribution < -0.4 is 4.72 Å². The van der Waals surface area contributed by atoms with E-state index < -0.39 is 14.8 Å². The SMILES string of the molecule is CC(C)(C)S(=O)(=O)N[C@H]1CC[C@@H](c2nc3cnc(-c4ccccc4F)nc3[nH]2)CC1. The minimum absolute atomic E-state index is 0.0534. The number of H-pyrrole nitrogens is 1. The van der Waals surface area contributed by atoms with Crippen molar-refractivity contribution < 1.29 is 12.8 Å². The van der Waals surface area contributed by atoms with E-state index in [4.69, 9.17) is 0 Å². The van der Waals surface area contributed by atoms with Crippen molar-refractivity contribution in [1.82, 2.24) is 24.7 Å². The summed E-state index contributed by atoms with van der Waals surface area (Å²) in [7, 11) is -3.36. The van der Waals surface area contributed by atoms with Gasteiger partial charge in [0.25, 0.3) is 0 Å². The third-order valence-electron chi connectivity index (χ3n) is 5.61. The monoisotopic (exact) mass is 431 g/mol. The highest BCUT2D eigenvalue weighted by Crippen LogP contribution is 2.33. The molecule has 0 atom stereocenters. The van der Waals surface area contributed by atoms with Gasteiger partial charge in [-0.3, -0.25) is 0 Å². The van der Waals surface area contributed by atoms with Crippen molar-refractivity contribution in [3.05, 3.63) is 42.1 Å². The van der Waals surface area contributed by atoms with Crippen LogP contribution in [0.15, 0.2) is 30.5 Å². The van der Waals surface area contributed by atoms with Crippen LogP contribution in [-0.2, 0) is 10.0 Å². The van der Waals surface area contributed by atoms with E-state index in [0.717, 1.165) is 31.5 Å². The number of sulfonamides is 1. The number of benzene rings is 1. The van der Waals surface area contributed by atoms with Gasteiger partial charge in [0.1, 0.15) is 17.2 Å². The van der Waals surface area contributed by atoms with E-state index >= 15 is 0 Å². The highest BCUT2D eigenvalue weighted by molar-refractivity contribution is 7.90. The van der Waals surface area contributed by atoms with Crippen molar-refractivity contribution in [3.8, 4) is 11.4 Å². The zero-order chi connectivity index (χ0) is 21.5. The Hall–Kier alpha value is -2.39. The van der Waals surface area contributed by atoms with E-state index in [0.29, 0.717) is 22.6 Å². The molecule has 2 N–H and O–H groups in total. The summed E-state index contributed by atoms with van der Waals surface area (Å²) in [5, 5.41) is 0. The average molecular weight is 432 g/mol. The lowest BCUT2D eigenvalue weighted by Crippen LogP contribution is -2.45.